The predicted octanol–water partition coefficient (Wildman–Crippen LogP) is -0.166. The van der Waals surface area contributed by atoms with Gasteiger partial charge in [0.15, 0.2) is 9.84 Å². The maximum absolute atomic E-state index is 12.1. The van der Waals surface area contributed by atoms with Crippen LogP contribution in [0.25, 0.3) is 0 Å². The first kappa shape index (κ1) is 18.5. The fourth-order valence-electron chi connectivity index (χ4n) is 2.54. The number of nitrogens with one attached hydrogen (secondary N) is 1. The van der Waals surface area contributed by atoms with Gasteiger partial charge < -0.3 is 19.7 Å². The molecule has 0 bridgehead atoms. The first-order valence-corrected chi connectivity index (χ1v) is 9.42. The van der Waals surface area contributed by atoms with E-state index in [2.05, 4.69) is 10.3 Å². The van der Waals surface area contributed by atoms with Crippen LogP contribution in [0, 0.1) is 0 Å². The van der Waals surface area contributed by atoms with E-state index in [0.717, 1.165) is 5.56 Å². The zero-order valence-electron chi connectivity index (χ0n) is 14.1. The highest BCUT2D eigenvalue weighted by Crippen LogP contribution is 2.19. The highest BCUT2D eigenvalue weighted by molar-refractivity contribution is 7.91. The van der Waals surface area contributed by atoms with Crippen molar-refractivity contribution in [3.63, 3.8) is 0 Å². The van der Waals surface area contributed by atoms with Crippen LogP contribution in [0.2, 0.25) is 0 Å². The second-order valence-electron chi connectivity index (χ2n) is 5.75. The highest BCUT2D eigenvalue weighted by atomic mass is 32.2. The lowest BCUT2D eigenvalue weighted by atomic mass is 10.2. The molecule has 1 amide bonds. The van der Waals surface area contributed by atoms with Gasteiger partial charge >= 0.3 is 0 Å². The molecule has 1 fully saturated rings. The molecule has 0 aromatic carbocycles. The van der Waals surface area contributed by atoms with Gasteiger partial charge in [0.2, 0.25) is 17.7 Å². The van der Waals surface area contributed by atoms with Crippen LogP contribution in [-0.4, -0.2) is 69.6 Å². The monoisotopic (exact) mass is 357 g/mol. The van der Waals surface area contributed by atoms with Gasteiger partial charge in [-0.2, -0.15) is 4.98 Å². The Balaban J connectivity index is 1.93. The standard InChI is InChI=1S/C15H23N3O5S/c1-18-6-7-24(20,21)10-12(18)8-13(19)16-9-11-4-5-14(22-2)17-15(11)23-3/h4-5,12H,6-10H2,1-3H3,(H,16,19). The molecule has 1 unspecified atom stereocenters. The summed E-state index contributed by atoms with van der Waals surface area (Å²) in [7, 11) is 1.78. The van der Waals surface area contributed by atoms with Gasteiger partial charge in [-0.1, -0.05) is 0 Å². The molecule has 1 aromatic rings. The van der Waals surface area contributed by atoms with Crippen LogP contribution in [0.3, 0.4) is 0 Å². The van der Waals surface area contributed by atoms with Gasteiger partial charge in [0, 0.05) is 37.2 Å². The summed E-state index contributed by atoms with van der Waals surface area (Å²) in [5.41, 5.74) is 0.719. The molecule has 0 saturated carbocycles. The number of ether oxygens (including phenoxy) is 2. The molecule has 24 heavy (non-hydrogen) atoms. The van der Waals surface area contributed by atoms with Gasteiger partial charge in [0.05, 0.1) is 25.7 Å². The molecule has 1 aromatic heterocycles. The largest absolute Gasteiger partial charge is 0.481 e. The zero-order chi connectivity index (χ0) is 17.7. The molecule has 1 atom stereocenters. The summed E-state index contributed by atoms with van der Waals surface area (Å²) in [6, 6.07) is 3.16. The summed E-state index contributed by atoms with van der Waals surface area (Å²) in [6.45, 7) is 0.707. The quantitative estimate of drug-likeness (QED) is 0.755. The minimum Gasteiger partial charge on any atom is -0.481 e. The van der Waals surface area contributed by atoms with Crippen molar-refractivity contribution in [2.24, 2.45) is 0 Å². The van der Waals surface area contributed by atoms with E-state index in [1.165, 1.54) is 14.2 Å². The van der Waals surface area contributed by atoms with Crippen LogP contribution in [0.4, 0.5) is 0 Å². The molecule has 1 saturated heterocycles. The molecular weight excluding hydrogens is 334 g/mol. The maximum Gasteiger partial charge on any atom is 0.221 e. The van der Waals surface area contributed by atoms with E-state index in [1.54, 1.807) is 12.1 Å². The second-order valence-corrected chi connectivity index (χ2v) is 7.98. The average molecular weight is 357 g/mol. The lowest BCUT2D eigenvalue weighted by molar-refractivity contribution is -0.122. The Bertz CT molecular complexity index is 692. The van der Waals surface area contributed by atoms with Crippen molar-refractivity contribution in [1.82, 2.24) is 15.2 Å². The predicted molar refractivity (Wildman–Crippen MR) is 88.9 cm³/mol. The van der Waals surface area contributed by atoms with E-state index in [4.69, 9.17) is 9.47 Å². The Morgan fingerprint density at radius 2 is 2.12 bits per heavy atom. The number of carbonyl (C=O) groups excluding carboxylic acids is 1. The average Bonchev–Trinajstić information content (AvgIpc) is 2.56. The van der Waals surface area contributed by atoms with Crippen LogP contribution in [0.15, 0.2) is 12.1 Å². The summed E-state index contributed by atoms with van der Waals surface area (Å²) < 4.78 is 33.6. The lowest BCUT2D eigenvalue weighted by Gasteiger charge is -2.31. The molecule has 0 aliphatic carbocycles. The number of hydrogen-bond acceptors (Lipinski definition) is 7. The lowest BCUT2D eigenvalue weighted by Crippen LogP contribution is -2.48. The van der Waals surface area contributed by atoms with Crippen molar-refractivity contribution >= 4 is 15.7 Å². The van der Waals surface area contributed by atoms with E-state index in [-0.39, 0.29) is 36.4 Å². The molecule has 134 valence electrons. The van der Waals surface area contributed by atoms with E-state index in [9.17, 15) is 13.2 Å². The van der Waals surface area contributed by atoms with Gasteiger partial charge in [0.1, 0.15) is 0 Å². The van der Waals surface area contributed by atoms with E-state index >= 15 is 0 Å². The van der Waals surface area contributed by atoms with Crippen LogP contribution in [-0.2, 0) is 21.2 Å². The van der Waals surface area contributed by atoms with E-state index < -0.39 is 9.84 Å². The third-order valence-corrected chi connectivity index (χ3v) is 5.73. The molecule has 8 nitrogen and oxygen atoms in total. The molecule has 1 N–H and O–H groups in total. The van der Waals surface area contributed by atoms with E-state index in [0.29, 0.717) is 18.3 Å². The molecule has 1 aliphatic heterocycles. The third-order valence-electron chi connectivity index (χ3n) is 4.04. The topological polar surface area (TPSA) is 97.8 Å². The minimum absolute atomic E-state index is 0.0182. The molecule has 1 aliphatic rings. The van der Waals surface area contributed by atoms with Gasteiger partial charge in [-0.3, -0.25) is 4.79 Å². The first-order chi connectivity index (χ1) is 11.3. The van der Waals surface area contributed by atoms with Gasteiger partial charge in [-0.15, -0.1) is 0 Å². The number of pyridine rings is 1. The molecular formula is C15H23N3O5S. The van der Waals surface area contributed by atoms with Crippen molar-refractivity contribution in [1.29, 1.82) is 0 Å². The third kappa shape index (κ3) is 4.81. The summed E-state index contributed by atoms with van der Waals surface area (Å²) in [5, 5.41) is 2.79. The molecule has 2 heterocycles. The number of methoxy groups -OCH3 is 2. The number of carbonyl (C=O) groups is 1. The Hall–Kier alpha value is -1.87. The molecule has 9 heteroatoms. The molecule has 0 radical (unpaired) electrons. The molecule has 2 rings (SSSR count). The Labute approximate surface area is 142 Å². The smallest absolute Gasteiger partial charge is 0.221 e. The van der Waals surface area contributed by atoms with Crippen molar-refractivity contribution in [3.8, 4) is 11.8 Å². The van der Waals surface area contributed by atoms with Crippen LogP contribution in [0.5, 0.6) is 11.8 Å². The summed E-state index contributed by atoms with van der Waals surface area (Å²) in [6.07, 6.45) is 0.141. The summed E-state index contributed by atoms with van der Waals surface area (Å²) in [5.74, 6) is 0.769. The van der Waals surface area contributed by atoms with Gasteiger partial charge in [-0.25, -0.2) is 8.42 Å². The maximum atomic E-state index is 12.1. The fourth-order valence-corrected chi connectivity index (χ4v) is 4.23. The minimum atomic E-state index is -3.06. The number of sulfone groups is 1. The summed E-state index contributed by atoms with van der Waals surface area (Å²) >= 11 is 0. The van der Waals surface area contributed by atoms with Crippen LogP contribution < -0.4 is 14.8 Å². The SMILES string of the molecule is COc1ccc(CNC(=O)CC2CS(=O)(=O)CCN2C)c(OC)n1. The Morgan fingerprint density at radius 1 is 1.38 bits per heavy atom. The first-order valence-electron chi connectivity index (χ1n) is 7.60. The summed E-state index contributed by atoms with van der Waals surface area (Å²) in [4.78, 5) is 18.2. The zero-order valence-corrected chi connectivity index (χ0v) is 14.9. The van der Waals surface area contributed by atoms with Gasteiger partial charge in [-0.05, 0) is 13.1 Å². The van der Waals surface area contributed by atoms with Crippen LogP contribution in [0.1, 0.15) is 12.0 Å². The van der Waals surface area contributed by atoms with Crippen molar-refractivity contribution in [2.75, 3.05) is 39.3 Å². The van der Waals surface area contributed by atoms with E-state index in [1.807, 2.05) is 11.9 Å². The van der Waals surface area contributed by atoms with Crippen LogP contribution >= 0.6 is 0 Å². The Kier molecular flexibility index (Phi) is 6.00. The van der Waals surface area contributed by atoms with Crippen molar-refractivity contribution in [3.05, 3.63) is 17.7 Å². The normalized spacial score (nSPS) is 20.4. The Morgan fingerprint density at radius 3 is 2.79 bits per heavy atom. The number of rotatable bonds is 6. The molecule has 0 spiro atoms. The number of amides is 1. The van der Waals surface area contributed by atoms with Gasteiger partial charge in [0.25, 0.3) is 0 Å². The second kappa shape index (κ2) is 7.80. The number of hydrogen-bond donors (Lipinski definition) is 1. The number of aromatic nitrogens is 1. The fraction of sp³-hybridized carbons (Fsp3) is 0.600. The number of nitrogens with zero attached hydrogens (tertiary/aromatic N) is 2. The van der Waals surface area contributed by atoms with Crippen molar-refractivity contribution in [2.45, 2.75) is 19.0 Å². The van der Waals surface area contributed by atoms with Crippen molar-refractivity contribution < 1.29 is 22.7 Å². The highest BCUT2D eigenvalue weighted by Gasteiger charge is 2.30.